The number of benzene rings is 2. The van der Waals surface area contributed by atoms with E-state index in [1.165, 1.54) is 0 Å². The van der Waals surface area contributed by atoms with Gasteiger partial charge in [-0.05, 0) is 30.7 Å². The lowest BCUT2D eigenvalue weighted by Gasteiger charge is -2.06. The Bertz CT molecular complexity index is 803. The number of ether oxygens (including phenoxy) is 2. The van der Waals surface area contributed by atoms with Crippen LogP contribution >= 0.6 is 11.6 Å². The Morgan fingerprint density at radius 2 is 2.00 bits per heavy atom. The minimum atomic E-state index is 0.261. The van der Waals surface area contributed by atoms with Gasteiger partial charge in [-0.1, -0.05) is 11.6 Å². The van der Waals surface area contributed by atoms with Crippen LogP contribution < -0.4 is 14.8 Å². The van der Waals surface area contributed by atoms with Crippen molar-refractivity contribution in [1.29, 1.82) is 0 Å². The first-order valence-electron chi connectivity index (χ1n) is 6.51. The molecule has 2 aromatic carbocycles. The number of hydrogen-bond donors (Lipinski definition) is 2. The van der Waals surface area contributed by atoms with E-state index in [1.807, 2.05) is 37.3 Å². The molecule has 0 bridgehead atoms. The topological polar surface area (TPSA) is 59.2 Å². The van der Waals surface area contributed by atoms with Crippen molar-refractivity contribution in [2.45, 2.75) is 6.92 Å². The van der Waals surface area contributed by atoms with E-state index in [0.717, 1.165) is 33.8 Å². The monoisotopic (exact) mass is 301 g/mol. The lowest BCUT2D eigenvalue weighted by atomic mass is 10.2. The molecule has 0 aliphatic carbocycles. The van der Waals surface area contributed by atoms with Gasteiger partial charge in [0.2, 0.25) is 12.7 Å². The summed E-state index contributed by atoms with van der Waals surface area (Å²) in [6, 6.07) is 9.44. The van der Waals surface area contributed by atoms with Crippen LogP contribution in [0.5, 0.6) is 11.5 Å². The van der Waals surface area contributed by atoms with E-state index >= 15 is 0 Å². The molecule has 0 atom stereocenters. The van der Waals surface area contributed by atoms with E-state index in [4.69, 9.17) is 21.1 Å². The van der Waals surface area contributed by atoms with Gasteiger partial charge in [-0.2, -0.15) is 0 Å². The molecule has 0 saturated carbocycles. The van der Waals surface area contributed by atoms with E-state index in [2.05, 4.69) is 15.3 Å². The van der Waals surface area contributed by atoms with Gasteiger partial charge in [0, 0.05) is 22.8 Å². The zero-order chi connectivity index (χ0) is 14.4. The molecule has 1 aliphatic rings. The van der Waals surface area contributed by atoms with Crippen LogP contribution in [-0.2, 0) is 0 Å². The Kier molecular flexibility index (Phi) is 2.68. The van der Waals surface area contributed by atoms with Crippen molar-refractivity contribution < 1.29 is 9.47 Å². The zero-order valence-corrected chi connectivity index (χ0v) is 12.0. The van der Waals surface area contributed by atoms with E-state index < -0.39 is 0 Å². The van der Waals surface area contributed by atoms with Gasteiger partial charge in [0.15, 0.2) is 11.5 Å². The second-order valence-corrected chi connectivity index (χ2v) is 5.33. The number of anilines is 2. The highest BCUT2D eigenvalue weighted by Crippen LogP contribution is 2.36. The number of nitrogens with one attached hydrogen (secondary N) is 2. The lowest BCUT2D eigenvalue weighted by Crippen LogP contribution is -1.94. The molecule has 1 aromatic heterocycles. The number of nitrogens with zero attached hydrogens (tertiary/aromatic N) is 1. The van der Waals surface area contributed by atoms with Crippen LogP contribution in [0.1, 0.15) is 5.56 Å². The Balaban J connectivity index is 1.71. The number of aryl methyl sites for hydroxylation is 1. The second kappa shape index (κ2) is 4.56. The van der Waals surface area contributed by atoms with Crippen molar-refractivity contribution in [3.8, 4) is 11.5 Å². The van der Waals surface area contributed by atoms with Crippen LogP contribution in [0.4, 0.5) is 11.6 Å². The molecule has 3 aromatic rings. The Morgan fingerprint density at radius 1 is 1.19 bits per heavy atom. The van der Waals surface area contributed by atoms with Crippen molar-refractivity contribution >= 4 is 34.3 Å². The first-order chi connectivity index (χ1) is 10.2. The quantitative estimate of drug-likeness (QED) is 0.751. The summed E-state index contributed by atoms with van der Waals surface area (Å²) in [6.07, 6.45) is 0. The fraction of sp³-hybridized carbons (Fsp3) is 0.133. The molecule has 0 unspecified atom stereocenters. The number of rotatable bonds is 2. The molecule has 2 heterocycles. The van der Waals surface area contributed by atoms with Gasteiger partial charge in [0.1, 0.15) is 0 Å². The number of H-pyrrole nitrogens is 1. The number of imidazole rings is 1. The summed E-state index contributed by atoms with van der Waals surface area (Å²) in [7, 11) is 0. The van der Waals surface area contributed by atoms with Gasteiger partial charge in [0.25, 0.3) is 0 Å². The SMILES string of the molecule is Cc1cc(Cl)ccc1Nc1nc2cc3c(cc2[nH]1)OCO3. The molecule has 0 spiro atoms. The van der Waals surface area contributed by atoms with Crippen molar-refractivity contribution in [2.24, 2.45) is 0 Å². The first kappa shape index (κ1) is 12.3. The summed E-state index contributed by atoms with van der Waals surface area (Å²) in [4.78, 5) is 7.74. The van der Waals surface area contributed by atoms with Crippen molar-refractivity contribution in [2.75, 3.05) is 12.1 Å². The van der Waals surface area contributed by atoms with Crippen LogP contribution in [0.3, 0.4) is 0 Å². The molecular formula is C15H12ClN3O2. The minimum absolute atomic E-state index is 0.261. The highest BCUT2D eigenvalue weighted by Gasteiger charge is 2.16. The number of hydrogen-bond acceptors (Lipinski definition) is 4. The normalized spacial score (nSPS) is 12.9. The first-order valence-corrected chi connectivity index (χ1v) is 6.89. The molecule has 0 fully saturated rings. The predicted octanol–water partition coefficient (Wildman–Crippen LogP) is 4.00. The summed E-state index contributed by atoms with van der Waals surface area (Å²) >= 11 is 5.96. The number of fused-ring (bicyclic) bond motifs is 2. The molecule has 5 nitrogen and oxygen atoms in total. The standard InChI is InChI=1S/C15H12ClN3O2/c1-8-4-9(16)2-3-10(8)17-15-18-11-5-13-14(21-7-20-13)6-12(11)19-15/h2-6H,7H2,1H3,(H2,17,18,19). The van der Waals surface area contributed by atoms with E-state index in [1.54, 1.807) is 0 Å². The lowest BCUT2D eigenvalue weighted by molar-refractivity contribution is 0.174. The van der Waals surface area contributed by atoms with Crippen molar-refractivity contribution in [3.63, 3.8) is 0 Å². The highest BCUT2D eigenvalue weighted by atomic mass is 35.5. The van der Waals surface area contributed by atoms with Crippen LogP contribution in [0.2, 0.25) is 5.02 Å². The molecule has 0 radical (unpaired) electrons. The van der Waals surface area contributed by atoms with Gasteiger partial charge in [-0.15, -0.1) is 0 Å². The third-order valence-corrected chi connectivity index (χ3v) is 3.65. The zero-order valence-electron chi connectivity index (χ0n) is 11.2. The molecular weight excluding hydrogens is 290 g/mol. The average molecular weight is 302 g/mol. The summed E-state index contributed by atoms with van der Waals surface area (Å²) in [5.41, 5.74) is 3.73. The number of aromatic amines is 1. The minimum Gasteiger partial charge on any atom is -0.454 e. The second-order valence-electron chi connectivity index (χ2n) is 4.89. The molecule has 2 N–H and O–H groups in total. The largest absolute Gasteiger partial charge is 0.454 e. The van der Waals surface area contributed by atoms with Crippen molar-refractivity contribution in [1.82, 2.24) is 9.97 Å². The maximum atomic E-state index is 5.96. The van der Waals surface area contributed by atoms with Crippen LogP contribution in [0.25, 0.3) is 11.0 Å². The number of aromatic nitrogens is 2. The van der Waals surface area contributed by atoms with Gasteiger partial charge in [0.05, 0.1) is 11.0 Å². The van der Waals surface area contributed by atoms with Crippen LogP contribution in [0, 0.1) is 6.92 Å². The van der Waals surface area contributed by atoms with Crippen LogP contribution in [-0.4, -0.2) is 16.8 Å². The highest BCUT2D eigenvalue weighted by molar-refractivity contribution is 6.30. The molecule has 0 amide bonds. The average Bonchev–Trinajstić information content (AvgIpc) is 3.04. The van der Waals surface area contributed by atoms with Gasteiger partial charge < -0.3 is 19.8 Å². The summed E-state index contributed by atoms with van der Waals surface area (Å²) in [5, 5.41) is 3.97. The Labute approximate surface area is 125 Å². The van der Waals surface area contributed by atoms with Gasteiger partial charge in [-0.3, -0.25) is 0 Å². The van der Waals surface area contributed by atoms with Gasteiger partial charge >= 0.3 is 0 Å². The molecule has 21 heavy (non-hydrogen) atoms. The van der Waals surface area contributed by atoms with E-state index in [0.29, 0.717) is 11.0 Å². The van der Waals surface area contributed by atoms with E-state index in [9.17, 15) is 0 Å². The smallest absolute Gasteiger partial charge is 0.231 e. The molecule has 0 saturated heterocycles. The Morgan fingerprint density at radius 3 is 2.81 bits per heavy atom. The Hall–Kier alpha value is -2.40. The summed E-state index contributed by atoms with van der Waals surface area (Å²) in [6.45, 7) is 2.25. The summed E-state index contributed by atoms with van der Waals surface area (Å²) in [5.74, 6) is 2.13. The van der Waals surface area contributed by atoms with Gasteiger partial charge in [-0.25, -0.2) is 4.98 Å². The molecule has 4 rings (SSSR count). The van der Waals surface area contributed by atoms with E-state index in [-0.39, 0.29) is 6.79 Å². The predicted molar refractivity (Wildman–Crippen MR) is 81.7 cm³/mol. The number of halogens is 1. The summed E-state index contributed by atoms with van der Waals surface area (Å²) < 4.78 is 10.7. The third-order valence-electron chi connectivity index (χ3n) is 3.42. The molecule has 1 aliphatic heterocycles. The fourth-order valence-corrected chi connectivity index (χ4v) is 2.58. The third kappa shape index (κ3) is 2.15. The maximum Gasteiger partial charge on any atom is 0.231 e. The molecule has 6 heteroatoms. The van der Waals surface area contributed by atoms with Crippen molar-refractivity contribution in [3.05, 3.63) is 40.9 Å². The molecule has 106 valence electrons. The maximum absolute atomic E-state index is 5.96. The fourth-order valence-electron chi connectivity index (χ4n) is 2.35. The van der Waals surface area contributed by atoms with Crippen LogP contribution in [0.15, 0.2) is 30.3 Å².